The molecule has 1 aromatic rings. The molecule has 0 aliphatic carbocycles. The van der Waals surface area contributed by atoms with Gasteiger partial charge < -0.3 is 0 Å². The van der Waals surface area contributed by atoms with E-state index in [2.05, 4.69) is 44.0 Å². The Morgan fingerprint density at radius 2 is 2.00 bits per heavy atom. The van der Waals surface area contributed by atoms with E-state index in [0.717, 1.165) is 8.95 Å². The van der Waals surface area contributed by atoms with Crippen LogP contribution in [0.2, 0.25) is 0 Å². The second kappa shape index (κ2) is 4.07. The zero-order valence-corrected chi connectivity index (χ0v) is 9.31. The molecule has 1 rings (SSSR count). The molecule has 0 amide bonds. The molecule has 2 heteroatoms. The third-order valence-electron chi connectivity index (χ3n) is 1.33. The van der Waals surface area contributed by atoms with Crippen LogP contribution in [0, 0.1) is 0 Å². The molecule has 0 spiro atoms. The molecule has 0 bridgehead atoms. The lowest BCUT2D eigenvalue weighted by atomic mass is 10.2. The van der Waals surface area contributed by atoms with Gasteiger partial charge in [-0.1, -0.05) is 24.3 Å². The van der Waals surface area contributed by atoms with E-state index in [9.17, 15) is 0 Å². The van der Waals surface area contributed by atoms with Crippen molar-refractivity contribution in [2.45, 2.75) is 6.92 Å². The standard InChI is InChI=1S/C9H8Br2/c1-2-4-7-5-3-6-8(10)9(7)11/h2-6H,1H3. The van der Waals surface area contributed by atoms with Crippen molar-refractivity contribution in [2.24, 2.45) is 0 Å². The highest BCUT2D eigenvalue weighted by Gasteiger charge is 1.98. The fourth-order valence-corrected chi connectivity index (χ4v) is 1.61. The van der Waals surface area contributed by atoms with E-state index in [1.54, 1.807) is 0 Å². The van der Waals surface area contributed by atoms with Crippen molar-refractivity contribution < 1.29 is 0 Å². The van der Waals surface area contributed by atoms with E-state index in [-0.39, 0.29) is 0 Å². The Labute approximate surface area is 83.6 Å². The molecule has 58 valence electrons. The first-order valence-corrected chi connectivity index (χ1v) is 4.91. The van der Waals surface area contributed by atoms with Crippen molar-refractivity contribution in [1.82, 2.24) is 0 Å². The average molecular weight is 276 g/mol. The Hall–Kier alpha value is -0.0800. The Balaban J connectivity index is 3.16. The molecule has 11 heavy (non-hydrogen) atoms. The molecule has 0 unspecified atom stereocenters. The Morgan fingerprint density at radius 3 is 2.64 bits per heavy atom. The Kier molecular flexibility index (Phi) is 3.34. The van der Waals surface area contributed by atoms with Crippen molar-refractivity contribution in [3.63, 3.8) is 0 Å². The molecular formula is C9H8Br2. The maximum absolute atomic E-state index is 3.48. The van der Waals surface area contributed by atoms with Gasteiger partial charge in [0.1, 0.15) is 0 Å². The van der Waals surface area contributed by atoms with Crippen molar-refractivity contribution in [1.29, 1.82) is 0 Å². The number of hydrogen-bond acceptors (Lipinski definition) is 0. The first-order chi connectivity index (χ1) is 5.25. The summed E-state index contributed by atoms with van der Waals surface area (Å²) in [4.78, 5) is 0. The van der Waals surface area contributed by atoms with Crippen molar-refractivity contribution >= 4 is 37.9 Å². The Morgan fingerprint density at radius 1 is 1.27 bits per heavy atom. The van der Waals surface area contributed by atoms with Gasteiger partial charge in [-0.15, -0.1) is 0 Å². The van der Waals surface area contributed by atoms with E-state index in [4.69, 9.17) is 0 Å². The molecule has 0 atom stereocenters. The van der Waals surface area contributed by atoms with Crippen LogP contribution < -0.4 is 0 Å². The lowest BCUT2D eigenvalue weighted by Gasteiger charge is -1.99. The lowest BCUT2D eigenvalue weighted by molar-refractivity contribution is 1.54. The highest BCUT2D eigenvalue weighted by atomic mass is 79.9. The highest BCUT2D eigenvalue weighted by Crippen LogP contribution is 2.27. The summed E-state index contributed by atoms with van der Waals surface area (Å²) >= 11 is 6.92. The van der Waals surface area contributed by atoms with E-state index < -0.39 is 0 Å². The van der Waals surface area contributed by atoms with E-state index in [0.29, 0.717) is 0 Å². The van der Waals surface area contributed by atoms with E-state index >= 15 is 0 Å². The second-order valence-corrected chi connectivity index (χ2v) is 3.79. The summed E-state index contributed by atoms with van der Waals surface area (Å²) in [7, 11) is 0. The van der Waals surface area contributed by atoms with Gasteiger partial charge in [0, 0.05) is 8.95 Å². The highest BCUT2D eigenvalue weighted by molar-refractivity contribution is 9.13. The molecule has 0 aromatic heterocycles. The Bertz CT molecular complexity index is 277. The summed E-state index contributed by atoms with van der Waals surface area (Å²) in [5.41, 5.74) is 1.20. The number of allylic oxidation sites excluding steroid dienone is 1. The van der Waals surface area contributed by atoms with Gasteiger partial charge in [0.05, 0.1) is 0 Å². The summed E-state index contributed by atoms with van der Waals surface area (Å²) in [6.07, 6.45) is 4.08. The molecule has 1 aromatic carbocycles. The third-order valence-corrected chi connectivity index (χ3v) is 3.41. The monoisotopic (exact) mass is 274 g/mol. The average Bonchev–Trinajstić information content (AvgIpc) is 1.99. The lowest BCUT2D eigenvalue weighted by Crippen LogP contribution is -1.75. The molecule has 0 nitrogen and oxygen atoms in total. The number of hydrogen-bond donors (Lipinski definition) is 0. The summed E-state index contributed by atoms with van der Waals surface area (Å²) in [6, 6.07) is 6.09. The van der Waals surface area contributed by atoms with E-state index in [1.165, 1.54) is 5.56 Å². The molecule has 0 fully saturated rings. The quantitative estimate of drug-likeness (QED) is 0.719. The summed E-state index contributed by atoms with van der Waals surface area (Å²) < 4.78 is 2.20. The second-order valence-electron chi connectivity index (χ2n) is 2.14. The topological polar surface area (TPSA) is 0 Å². The maximum atomic E-state index is 3.48. The van der Waals surface area contributed by atoms with Gasteiger partial charge in [-0.3, -0.25) is 0 Å². The number of benzene rings is 1. The fourth-order valence-electron chi connectivity index (χ4n) is 0.829. The minimum absolute atomic E-state index is 1.09. The predicted octanol–water partition coefficient (Wildman–Crippen LogP) is 4.24. The minimum atomic E-state index is 1.09. The maximum Gasteiger partial charge on any atom is 0.0389 e. The smallest absolute Gasteiger partial charge is 0.0389 e. The molecule has 0 heterocycles. The van der Waals surface area contributed by atoms with Crippen molar-refractivity contribution in [2.75, 3.05) is 0 Å². The summed E-state index contributed by atoms with van der Waals surface area (Å²) in [5, 5.41) is 0. The van der Waals surface area contributed by atoms with Crippen LogP contribution in [0.25, 0.3) is 6.08 Å². The predicted molar refractivity (Wildman–Crippen MR) is 56.6 cm³/mol. The first kappa shape index (κ1) is 9.01. The molecule has 0 radical (unpaired) electrons. The van der Waals surface area contributed by atoms with Crippen LogP contribution >= 0.6 is 31.9 Å². The van der Waals surface area contributed by atoms with Gasteiger partial charge in [-0.2, -0.15) is 0 Å². The van der Waals surface area contributed by atoms with Crippen LogP contribution in [0.4, 0.5) is 0 Å². The van der Waals surface area contributed by atoms with Crippen molar-refractivity contribution in [3.05, 3.63) is 38.8 Å². The fraction of sp³-hybridized carbons (Fsp3) is 0.111. The first-order valence-electron chi connectivity index (χ1n) is 3.32. The SMILES string of the molecule is CC=Cc1cccc(Br)c1Br. The van der Waals surface area contributed by atoms with Crippen LogP contribution in [-0.2, 0) is 0 Å². The molecule has 0 aliphatic rings. The normalized spacial score (nSPS) is 10.8. The van der Waals surface area contributed by atoms with Gasteiger partial charge in [-0.05, 0) is 50.4 Å². The van der Waals surface area contributed by atoms with Gasteiger partial charge in [0.2, 0.25) is 0 Å². The zero-order chi connectivity index (χ0) is 8.27. The van der Waals surface area contributed by atoms with Gasteiger partial charge in [0.25, 0.3) is 0 Å². The van der Waals surface area contributed by atoms with Crippen LogP contribution in [-0.4, -0.2) is 0 Å². The summed E-state index contributed by atoms with van der Waals surface area (Å²) in [5.74, 6) is 0. The van der Waals surface area contributed by atoms with E-state index in [1.807, 2.05) is 25.1 Å². The van der Waals surface area contributed by atoms with Gasteiger partial charge in [0.15, 0.2) is 0 Å². The molecule has 0 N–H and O–H groups in total. The minimum Gasteiger partial charge on any atom is -0.0870 e. The number of halogens is 2. The molecule has 0 saturated heterocycles. The molecule has 0 aliphatic heterocycles. The van der Waals surface area contributed by atoms with Crippen LogP contribution in [0.3, 0.4) is 0 Å². The van der Waals surface area contributed by atoms with Gasteiger partial charge >= 0.3 is 0 Å². The molecular weight excluding hydrogens is 268 g/mol. The van der Waals surface area contributed by atoms with Crippen LogP contribution in [0.15, 0.2) is 33.2 Å². The third kappa shape index (κ3) is 2.17. The van der Waals surface area contributed by atoms with Crippen LogP contribution in [0.5, 0.6) is 0 Å². The van der Waals surface area contributed by atoms with Crippen LogP contribution in [0.1, 0.15) is 12.5 Å². The summed E-state index contributed by atoms with van der Waals surface area (Å²) in [6.45, 7) is 2.01. The molecule has 0 saturated carbocycles. The largest absolute Gasteiger partial charge is 0.0870 e. The van der Waals surface area contributed by atoms with Crippen molar-refractivity contribution in [3.8, 4) is 0 Å². The zero-order valence-electron chi connectivity index (χ0n) is 6.14. The number of rotatable bonds is 1. The van der Waals surface area contributed by atoms with Gasteiger partial charge in [-0.25, -0.2) is 0 Å².